The number of halogens is 1. The van der Waals surface area contributed by atoms with E-state index in [1.54, 1.807) is 0 Å². The zero-order chi connectivity index (χ0) is 19.8. The molecule has 0 saturated heterocycles. The van der Waals surface area contributed by atoms with Gasteiger partial charge in [0.25, 0.3) is 0 Å². The van der Waals surface area contributed by atoms with E-state index in [9.17, 15) is 0 Å². The Balaban J connectivity index is 1.47. The van der Waals surface area contributed by atoms with Crippen LogP contribution < -0.4 is 5.32 Å². The van der Waals surface area contributed by atoms with Gasteiger partial charge in [-0.3, -0.25) is 4.99 Å². The van der Waals surface area contributed by atoms with Gasteiger partial charge in [-0.2, -0.15) is 0 Å². The van der Waals surface area contributed by atoms with Gasteiger partial charge < -0.3 is 5.32 Å². The van der Waals surface area contributed by atoms with E-state index < -0.39 is 0 Å². The van der Waals surface area contributed by atoms with E-state index >= 15 is 0 Å². The van der Waals surface area contributed by atoms with E-state index in [4.69, 9.17) is 16.6 Å². The van der Waals surface area contributed by atoms with Crippen LogP contribution in [0.5, 0.6) is 0 Å². The molecule has 3 aromatic carbocycles. The number of aliphatic imine (C=N–C) groups is 1. The molecule has 0 spiro atoms. The second-order valence-corrected chi connectivity index (χ2v) is 8.84. The fourth-order valence-electron chi connectivity index (χ4n) is 5.02. The lowest BCUT2D eigenvalue weighted by Gasteiger charge is -2.23. The van der Waals surface area contributed by atoms with Gasteiger partial charge in [0, 0.05) is 16.6 Å². The van der Waals surface area contributed by atoms with Gasteiger partial charge in [0.2, 0.25) is 0 Å². The molecule has 2 nitrogen and oxygen atoms in total. The number of rotatable bonds is 4. The predicted molar refractivity (Wildman–Crippen MR) is 123 cm³/mol. The summed E-state index contributed by atoms with van der Waals surface area (Å²) in [4.78, 5) is 5.05. The molecular weight excluding hydrogens is 376 g/mol. The molecule has 0 radical (unpaired) electrons. The quantitative estimate of drug-likeness (QED) is 0.548. The second-order valence-electron chi connectivity index (χ2n) is 8.43. The summed E-state index contributed by atoms with van der Waals surface area (Å²) in [6.07, 6.45) is 6.92. The molecule has 2 unspecified atom stereocenters. The Labute approximate surface area is 178 Å². The Morgan fingerprint density at radius 3 is 2.66 bits per heavy atom. The van der Waals surface area contributed by atoms with Crippen molar-refractivity contribution in [2.24, 2.45) is 4.99 Å². The molecule has 1 fully saturated rings. The molecule has 148 valence electrons. The van der Waals surface area contributed by atoms with Gasteiger partial charge in [-0.1, -0.05) is 73.0 Å². The lowest BCUT2D eigenvalue weighted by Crippen LogP contribution is -2.37. The molecular formula is C26H27ClN2. The number of hydrogen-bond acceptors (Lipinski definition) is 2. The number of fused-ring (bicyclic) bond motifs is 2. The Bertz CT molecular complexity index is 1090. The third-order valence-corrected chi connectivity index (χ3v) is 6.97. The van der Waals surface area contributed by atoms with Crippen LogP contribution in [0.2, 0.25) is 5.02 Å². The molecule has 29 heavy (non-hydrogen) atoms. The SMILES string of the molecule is Cc1ccc2ccccc2c1CCc1c(Cl)cccc1C1=NC2CCCCC2N1. The molecule has 2 atom stereocenters. The summed E-state index contributed by atoms with van der Waals surface area (Å²) in [6.45, 7) is 2.21. The standard InChI is InChI=1S/C26H27ClN2/c1-17-13-14-18-7-2-3-8-20(18)19(17)15-16-21-22(9-6-10-23(21)27)26-28-24-11-4-5-12-25(24)29-26/h2-3,6-10,13-14,24-25H,4-5,11-12,15-16H2,1H3,(H,28,29). The highest BCUT2D eigenvalue weighted by Gasteiger charge is 2.32. The molecule has 1 saturated carbocycles. The lowest BCUT2D eigenvalue weighted by atomic mass is 9.92. The first-order valence-corrected chi connectivity index (χ1v) is 11.2. The van der Waals surface area contributed by atoms with Crippen molar-refractivity contribution < 1.29 is 0 Å². The van der Waals surface area contributed by atoms with Crippen molar-refractivity contribution in [2.45, 2.75) is 57.5 Å². The molecule has 3 aromatic rings. The monoisotopic (exact) mass is 402 g/mol. The van der Waals surface area contributed by atoms with Crippen LogP contribution in [0.25, 0.3) is 10.8 Å². The van der Waals surface area contributed by atoms with Crippen LogP contribution in [0.4, 0.5) is 0 Å². The number of nitrogens with one attached hydrogen (secondary N) is 1. The van der Waals surface area contributed by atoms with Crippen LogP contribution in [0.15, 0.2) is 59.6 Å². The van der Waals surface area contributed by atoms with Gasteiger partial charge in [-0.25, -0.2) is 0 Å². The highest BCUT2D eigenvalue weighted by molar-refractivity contribution is 6.32. The van der Waals surface area contributed by atoms with Crippen molar-refractivity contribution in [3.63, 3.8) is 0 Å². The number of nitrogens with zero attached hydrogens (tertiary/aromatic N) is 1. The highest BCUT2D eigenvalue weighted by Crippen LogP contribution is 2.30. The van der Waals surface area contributed by atoms with E-state index in [2.05, 4.69) is 60.8 Å². The molecule has 1 aliphatic carbocycles. The summed E-state index contributed by atoms with van der Waals surface area (Å²) in [7, 11) is 0. The van der Waals surface area contributed by atoms with Crippen molar-refractivity contribution in [3.05, 3.63) is 81.9 Å². The molecule has 0 amide bonds. The average molecular weight is 403 g/mol. The maximum atomic E-state index is 6.70. The molecule has 3 heteroatoms. The van der Waals surface area contributed by atoms with Crippen LogP contribution in [0, 0.1) is 6.92 Å². The summed E-state index contributed by atoms with van der Waals surface area (Å²) < 4.78 is 0. The average Bonchev–Trinajstić information content (AvgIpc) is 3.18. The normalized spacial score (nSPS) is 21.0. The first kappa shape index (κ1) is 18.7. The Hall–Kier alpha value is -2.32. The van der Waals surface area contributed by atoms with Crippen molar-refractivity contribution in [1.82, 2.24) is 5.32 Å². The van der Waals surface area contributed by atoms with E-state index in [0.717, 1.165) is 23.7 Å². The fraction of sp³-hybridized carbons (Fsp3) is 0.346. The van der Waals surface area contributed by atoms with Crippen LogP contribution in [-0.4, -0.2) is 17.9 Å². The van der Waals surface area contributed by atoms with Gasteiger partial charge >= 0.3 is 0 Å². The van der Waals surface area contributed by atoms with E-state index in [-0.39, 0.29) is 0 Å². The highest BCUT2D eigenvalue weighted by atomic mass is 35.5. The Morgan fingerprint density at radius 2 is 1.76 bits per heavy atom. The maximum Gasteiger partial charge on any atom is 0.129 e. The second kappa shape index (κ2) is 7.84. The zero-order valence-corrected chi connectivity index (χ0v) is 17.7. The topological polar surface area (TPSA) is 24.4 Å². The summed E-state index contributed by atoms with van der Waals surface area (Å²) >= 11 is 6.70. The number of aryl methyl sites for hydroxylation is 2. The molecule has 0 bridgehead atoms. The van der Waals surface area contributed by atoms with Crippen LogP contribution in [0.3, 0.4) is 0 Å². The first-order valence-electron chi connectivity index (χ1n) is 10.8. The van der Waals surface area contributed by atoms with Crippen molar-refractivity contribution in [2.75, 3.05) is 0 Å². The van der Waals surface area contributed by atoms with Crippen molar-refractivity contribution in [1.29, 1.82) is 0 Å². The molecule has 0 aromatic heterocycles. The molecule has 5 rings (SSSR count). The predicted octanol–water partition coefficient (Wildman–Crippen LogP) is 6.25. The Morgan fingerprint density at radius 1 is 0.931 bits per heavy atom. The van der Waals surface area contributed by atoms with E-state index in [1.807, 2.05) is 6.07 Å². The summed E-state index contributed by atoms with van der Waals surface area (Å²) in [5, 5.41) is 7.21. The molecule has 1 heterocycles. The number of hydrogen-bond donors (Lipinski definition) is 1. The van der Waals surface area contributed by atoms with Gasteiger partial charge in [0.1, 0.15) is 5.84 Å². The van der Waals surface area contributed by atoms with Crippen LogP contribution in [0.1, 0.15) is 47.9 Å². The molecule has 1 aliphatic heterocycles. The Kier molecular flexibility index (Phi) is 5.05. The largest absolute Gasteiger partial charge is 0.365 e. The molecule has 1 N–H and O–H groups in total. The van der Waals surface area contributed by atoms with Crippen molar-refractivity contribution >= 4 is 28.2 Å². The third-order valence-electron chi connectivity index (χ3n) is 6.62. The van der Waals surface area contributed by atoms with E-state index in [1.165, 1.54) is 58.7 Å². The summed E-state index contributed by atoms with van der Waals surface area (Å²) in [5.41, 5.74) is 5.17. The fourth-order valence-corrected chi connectivity index (χ4v) is 5.29. The third kappa shape index (κ3) is 3.55. The van der Waals surface area contributed by atoms with Crippen LogP contribution >= 0.6 is 11.6 Å². The minimum absolute atomic E-state index is 0.436. The number of amidine groups is 1. The van der Waals surface area contributed by atoms with Gasteiger partial charge in [-0.05, 0) is 66.1 Å². The number of benzene rings is 3. The summed E-state index contributed by atoms with van der Waals surface area (Å²) in [6, 6.07) is 20.3. The van der Waals surface area contributed by atoms with Gasteiger partial charge in [0.15, 0.2) is 0 Å². The first-order chi connectivity index (χ1) is 14.2. The zero-order valence-electron chi connectivity index (χ0n) is 16.9. The molecule has 2 aliphatic rings. The lowest BCUT2D eigenvalue weighted by molar-refractivity contribution is 0.385. The maximum absolute atomic E-state index is 6.70. The van der Waals surface area contributed by atoms with Crippen molar-refractivity contribution in [3.8, 4) is 0 Å². The summed E-state index contributed by atoms with van der Waals surface area (Å²) in [5.74, 6) is 1.05. The van der Waals surface area contributed by atoms with E-state index in [0.29, 0.717) is 12.1 Å². The minimum atomic E-state index is 0.436. The van der Waals surface area contributed by atoms with Crippen LogP contribution in [-0.2, 0) is 12.8 Å². The minimum Gasteiger partial charge on any atom is -0.365 e. The smallest absolute Gasteiger partial charge is 0.129 e. The van der Waals surface area contributed by atoms with Gasteiger partial charge in [-0.15, -0.1) is 0 Å². The van der Waals surface area contributed by atoms with Gasteiger partial charge in [0.05, 0.1) is 6.04 Å².